The van der Waals surface area contributed by atoms with E-state index in [0.29, 0.717) is 13.0 Å². The first-order valence-electron chi connectivity index (χ1n) is 6.67. The molecule has 1 unspecified atom stereocenters. The summed E-state index contributed by atoms with van der Waals surface area (Å²) in [6.45, 7) is 4.99. The van der Waals surface area contributed by atoms with Gasteiger partial charge in [0.2, 0.25) is 0 Å². The van der Waals surface area contributed by atoms with E-state index in [0.717, 1.165) is 19.4 Å². The second kappa shape index (κ2) is 6.75. The lowest BCUT2D eigenvalue weighted by Gasteiger charge is -2.29. The first-order chi connectivity index (χ1) is 8.80. The van der Waals surface area contributed by atoms with Crippen LogP contribution in [0.2, 0.25) is 0 Å². The number of hydrogen-bond donors (Lipinski definition) is 2. The Morgan fingerprint density at radius 3 is 2.68 bits per heavy atom. The van der Waals surface area contributed by atoms with Crippen molar-refractivity contribution in [1.29, 1.82) is 0 Å². The molecule has 1 aliphatic rings. The number of nitrogens with zero attached hydrogens (tertiary/aromatic N) is 1. The van der Waals surface area contributed by atoms with Gasteiger partial charge in [0, 0.05) is 32.2 Å². The summed E-state index contributed by atoms with van der Waals surface area (Å²) in [6.07, 6.45) is 2.60. The van der Waals surface area contributed by atoms with Crippen LogP contribution in [-0.2, 0) is 9.53 Å². The number of amides is 2. The first-order valence-corrected chi connectivity index (χ1v) is 6.67. The van der Waals surface area contributed by atoms with E-state index in [9.17, 15) is 9.59 Å². The molecule has 6 heteroatoms. The van der Waals surface area contributed by atoms with Gasteiger partial charge in [0.05, 0.1) is 6.10 Å². The topological polar surface area (TPSA) is 78.9 Å². The van der Waals surface area contributed by atoms with Gasteiger partial charge in [0.1, 0.15) is 0 Å². The number of ether oxygens (including phenoxy) is 1. The molecule has 2 N–H and O–H groups in total. The lowest BCUT2D eigenvalue weighted by atomic mass is 9.99. The minimum atomic E-state index is -0.852. The number of carbonyl (C=O) groups is 2. The molecule has 1 heterocycles. The minimum Gasteiger partial charge on any atom is -0.481 e. The summed E-state index contributed by atoms with van der Waals surface area (Å²) >= 11 is 0. The number of carboxylic acids is 1. The third-order valence-corrected chi connectivity index (χ3v) is 3.26. The summed E-state index contributed by atoms with van der Waals surface area (Å²) in [7, 11) is 1.73. The van der Waals surface area contributed by atoms with Gasteiger partial charge in [0.15, 0.2) is 0 Å². The Balaban J connectivity index is 2.36. The molecule has 0 aliphatic carbocycles. The van der Waals surface area contributed by atoms with E-state index in [2.05, 4.69) is 5.32 Å². The van der Waals surface area contributed by atoms with Crippen LogP contribution in [0.5, 0.6) is 0 Å². The molecule has 6 nitrogen and oxygen atoms in total. The summed E-state index contributed by atoms with van der Waals surface area (Å²) < 4.78 is 5.48. The Morgan fingerprint density at radius 1 is 1.47 bits per heavy atom. The Hall–Kier alpha value is -1.30. The third-order valence-electron chi connectivity index (χ3n) is 3.26. The first kappa shape index (κ1) is 15.8. The minimum absolute atomic E-state index is 0.0444. The van der Waals surface area contributed by atoms with Gasteiger partial charge in [0.25, 0.3) is 0 Å². The second-order valence-electron chi connectivity index (χ2n) is 5.72. The smallest absolute Gasteiger partial charge is 0.317 e. The second-order valence-corrected chi connectivity index (χ2v) is 5.72. The lowest BCUT2D eigenvalue weighted by Crippen LogP contribution is -2.50. The fraction of sp³-hybridized carbons (Fsp3) is 0.846. The Bertz CT molecular complexity index is 325. The molecule has 0 aromatic carbocycles. The molecular weight excluding hydrogens is 248 g/mol. The molecule has 0 aromatic heterocycles. The highest BCUT2D eigenvalue weighted by molar-refractivity contribution is 5.75. The fourth-order valence-electron chi connectivity index (χ4n) is 2.04. The zero-order chi connectivity index (χ0) is 14.5. The summed E-state index contributed by atoms with van der Waals surface area (Å²) in [4.78, 5) is 24.2. The van der Waals surface area contributed by atoms with Crippen molar-refractivity contribution in [2.24, 2.45) is 0 Å². The van der Waals surface area contributed by atoms with Crippen LogP contribution in [0.25, 0.3) is 0 Å². The van der Waals surface area contributed by atoms with Crippen LogP contribution in [0, 0.1) is 0 Å². The molecule has 19 heavy (non-hydrogen) atoms. The van der Waals surface area contributed by atoms with Crippen molar-refractivity contribution in [2.75, 3.05) is 20.2 Å². The Morgan fingerprint density at radius 2 is 2.16 bits per heavy atom. The van der Waals surface area contributed by atoms with Gasteiger partial charge in [-0.15, -0.1) is 0 Å². The Kier molecular flexibility index (Phi) is 5.60. The van der Waals surface area contributed by atoms with Gasteiger partial charge in [-0.05, 0) is 33.1 Å². The zero-order valence-electron chi connectivity index (χ0n) is 11.9. The molecular formula is C13H24N2O4. The molecule has 1 fully saturated rings. The third kappa shape index (κ3) is 5.92. The summed E-state index contributed by atoms with van der Waals surface area (Å²) in [5.74, 6) is -0.852. The van der Waals surface area contributed by atoms with E-state index in [4.69, 9.17) is 9.84 Å². The normalized spacial score (nSPS) is 19.2. The van der Waals surface area contributed by atoms with Crippen LogP contribution in [0.1, 0.15) is 39.5 Å². The number of urea groups is 1. The molecule has 0 radical (unpaired) electrons. The highest BCUT2D eigenvalue weighted by Gasteiger charge is 2.25. The van der Waals surface area contributed by atoms with Crippen molar-refractivity contribution >= 4 is 12.0 Å². The van der Waals surface area contributed by atoms with Crippen LogP contribution in [0.4, 0.5) is 4.79 Å². The summed E-state index contributed by atoms with van der Waals surface area (Å²) in [5.41, 5.74) is -0.528. The average Bonchev–Trinajstić information content (AvgIpc) is 2.78. The van der Waals surface area contributed by atoms with E-state index < -0.39 is 11.5 Å². The van der Waals surface area contributed by atoms with Gasteiger partial charge in [-0.25, -0.2) is 4.79 Å². The van der Waals surface area contributed by atoms with Crippen molar-refractivity contribution < 1.29 is 19.4 Å². The molecule has 2 amide bonds. The maximum Gasteiger partial charge on any atom is 0.317 e. The maximum absolute atomic E-state index is 12.0. The van der Waals surface area contributed by atoms with Crippen LogP contribution >= 0.6 is 0 Å². The highest BCUT2D eigenvalue weighted by Crippen LogP contribution is 2.14. The number of rotatable bonds is 6. The largest absolute Gasteiger partial charge is 0.481 e. The van der Waals surface area contributed by atoms with Crippen LogP contribution < -0.4 is 5.32 Å². The van der Waals surface area contributed by atoms with Gasteiger partial charge in [-0.2, -0.15) is 0 Å². The van der Waals surface area contributed by atoms with E-state index in [-0.39, 0.29) is 18.6 Å². The van der Waals surface area contributed by atoms with Gasteiger partial charge >= 0.3 is 12.0 Å². The molecule has 1 atom stereocenters. The van der Waals surface area contributed by atoms with Crippen molar-refractivity contribution in [2.45, 2.75) is 51.2 Å². The van der Waals surface area contributed by atoms with Crippen molar-refractivity contribution in [1.82, 2.24) is 10.2 Å². The standard InChI is InChI=1S/C13H24N2O4/c1-13(2,7-6-11(16)17)14-12(18)15(3)9-10-5-4-8-19-10/h10H,4-9H2,1-3H3,(H,14,18)(H,16,17). The maximum atomic E-state index is 12.0. The average molecular weight is 272 g/mol. The van der Waals surface area contributed by atoms with Crippen LogP contribution in [0.3, 0.4) is 0 Å². The van der Waals surface area contributed by atoms with Gasteiger partial charge in [-0.1, -0.05) is 0 Å². The molecule has 1 saturated heterocycles. The Labute approximate surface area is 114 Å². The fourth-order valence-corrected chi connectivity index (χ4v) is 2.04. The van der Waals surface area contributed by atoms with Crippen molar-refractivity contribution in [3.8, 4) is 0 Å². The number of likely N-dealkylation sites (N-methyl/N-ethyl adjacent to an activating group) is 1. The number of nitrogens with one attached hydrogen (secondary N) is 1. The molecule has 110 valence electrons. The SMILES string of the molecule is CN(CC1CCCO1)C(=O)NC(C)(C)CCC(=O)O. The summed E-state index contributed by atoms with van der Waals surface area (Å²) in [6, 6.07) is -0.189. The highest BCUT2D eigenvalue weighted by atomic mass is 16.5. The van der Waals surface area contributed by atoms with E-state index in [1.807, 2.05) is 13.8 Å². The number of carbonyl (C=O) groups excluding carboxylic acids is 1. The quantitative estimate of drug-likeness (QED) is 0.767. The number of carboxylic acid groups (broad SMARTS) is 1. The van der Waals surface area contributed by atoms with E-state index in [1.54, 1.807) is 11.9 Å². The molecule has 0 aromatic rings. The summed E-state index contributed by atoms with van der Waals surface area (Å²) in [5, 5.41) is 11.5. The molecule has 1 rings (SSSR count). The predicted octanol–water partition coefficient (Wildman–Crippen LogP) is 1.45. The van der Waals surface area contributed by atoms with Crippen molar-refractivity contribution in [3.05, 3.63) is 0 Å². The van der Waals surface area contributed by atoms with Crippen LogP contribution in [-0.4, -0.2) is 53.8 Å². The van der Waals surface area contributed by atoms with Crippen LogP contribution in [0.15, 0.2) is 0 Å². The number of aliphatic carboxylic acids is 1. The van der Waals surface area contributed by atoms with Gasteiger partial charge in [-0.3, -0.25) is 4.79 Å². The van der Waals surface area contributed by atoms with E-state index >= 15 is 0 Å². The molecule has 1 aliphatic heterocycles. The van der Waals surface area contributed by atoms with Crippen molar-refractivity contribution in [3.63, 3.8) is 0 Å². The lowest BCUT2D eigenvalue weighted by molar-refractivity contribution is -0.137. The predicted molar refractivity (Wildman–Crippen MR) is 71.1 cm³/mol. The van der Waals surface area contributed by atoms with Gasteiger partial charge < -0.3 is 20.1 Å². The number of hydrogen-bond acceptors (Lipinski definition) is 3. The molecule has 0 saturated carbocycles. The zero-order valence-corrected chi connectivity index (χ0v) is 11.9. The van der Waals surface area contributed by atoms with E-state index in [1.165, 1.54) is 0 Å². The molecule has 0 spiro atoms. The molecule has 0 bridgehead atoms. The monoisotopic (exact) mass is 272 g/mol.